The minimum Gasteiger partial charge on any atom is -0.497 e. The van der Waals surface area contributed by atoms with Gasteiger partial charge in [0.15, 0.2) is 12.2 Å². The molecule has 0 fully saturated rings. The maximum absolute atomic E-state index is 12.3. The third-order valence-electron chi connectivity index (χ3n) is 4.55. The highest BCUT2D eigenvalue weighted by Gasteiger charge is 2.11. The molecule has 0 atom stereocenters. The van der Waals surface area contributed by atoms with E-state index in [0.29, 0.717) is 34.2 Å². The standard InChI is InChI=1S/C24H22N2O4/c1-15-9-16(2)11-20(10-15)29-14-23(27)25-18-6-4-5-17(12-18)24-26-21-13-19(28-3)7-8-22(21)30-24/h4-13H,14H2,1-3H3,(H,25,27). The molecule has 3 aromatic carbocycles. The maximum atomic E-state index is 12.3. The van der Waals surface area contributed by atoms with Crippen LogP contribution >= 0.6 is 0 Å². The number of ether oxygens (including phenoxy) is 2. The summed E-state index contributed by atoms with van der Waals surface area (Å²) in [4.78, 5) is 16.8. The lowest BCUT2D eigenvalue weighted by Gasteiger charge is -2.09. The Kier molecular flexibility index (Phi) is 5.39. The monoisotopic (exact) mass is 402 g/mol. The lowest BCUT2D eigenvalue weighted by atomic mass is 10.1. The van der Waals surface area contributed by atoms with Crippen LogP contribution in [0.2, 0.25) is 0 Å². The molecule has 30 heavy (non-hydrogen) atoms. The number of nitrogens with zero attached hydrogens (tertiary/aromatic N) is 1. The quantitative estimate of drug-likeness (QED) is 0.483. The summed E-state index contributed by atoms with van der Waals surface area (Å²) in [5.41, 5.74) is 4.96. The van der Waals surface area contributed by atoms with E-state index in [2.05, 4.69) is 16.4 Å². The van der Waals surface area contributed by atoms with E-state index in [9.17, 15) is 4.79 Å². The summed E-state index contributed by atoms with van der Waals surface area (Å²) in [5.74, 6) is 1.62. The van der Waals surface area contributed by atoms with E-state index in [1.165, 1.54) is 0 Å². The summed E-state index contributed by atoms with van der Waals surface area (Å²) < 4.78 is 16.7. The largest absolute Gasteiger partial charge is 0.497 e. The summed E-state index contributed by atoms with van der Waals surface area (Å²) >= 11 is 0. The van der Waals surface area contributed by atoms with Crippen LogP contribution in [0.25, 0.3) is 22.6 Å². The lowest BCUT2D eigenvalue weighted by Crippen LogP contribution is -2.20. The van der Waals surface area contributed by atoms with Crippen LogP contribution in [0.1, 0.15) is 11.1 Å². The van der Waals surface area contributed by atoms with E-state index in [1.54, 1.807) is 7.11 Å². The van der Waals surface area contributed by atoms with Crippen LogP contribution in [-0.4, -0.2) is 24.6 Å². The Morgan fingerprint density at radius 2 is 1.80 bits per heavy atom. The molecule has 152 valence electrons. The predicted molar refractivity (Wildman–Crippen MR) is 116 cm³/mol. The molecule has 1 heterocycles. The van der Waals surface area contributed by atoms with Crippen molar-refractivity contribution in [2.75, 3.05) is 19.0 Å². The fourth-order valence-corrected chi connectivity index (χ4v) is 3.25. The van der Waals surface area contributed by atoms with Crippen molar-refractivity contribution in [3.8, 4) is 23.0 Å². The highest BCUT2D eigenvalue weighted by Crippen LogP contribution is 2.28. The van der Waals surface area contributed by atoms with Crippen molar-refractivity contribution in [1.82, 2.24) is 4.98 Å². The maximum Gasteiger partial charge on any atom is 0.262 e. The van der Waals surface area contributed by atoms with Crippen molar-refractivity contribution < 1.29 is 18.7 Å². The van der Waals surface area contributed by atoms with Gasteiger partial charge in [-0.2, -0.15) is 0 Å². The van der Waals surface area contributed by atoms with Crippen LogP contribution in [0, 0.1) is 13.8 Å². The molecular weight excluding hydrogens is 380 g/mol. The van der Waals surface area contributed by atoms with Crippen LogP contribution in [0.5, 0.6) is 11.5 Å². The van der Waals surface area contributed by atoms with Crippen molar-refractivity contribution in [3.05, 3.63) is 71.8 Å². The van der Waals surface area contributed by atoms with Gasteiger partial charge < -0.3 is 19.2 Å². The minimum absolute atomic E-state index is 0.0736. The molecule has 1 N–H and O–H groups in total. The third kappa shape index (κ3) is 4.43. The van der Waals surface area contributed by atoms with E-state index >= 15 is 0 Å². The molecular formula is C24H22N2O4. The molecule has 0 unspecified atom stereocenters. The number of aryl methyl sites for hydroxylation is 2. The van der Waals surface area contributed by atoms with Crippen molar-refractivity contribution in [2.45, 2.75) is 13.8 Å². The highest BCUT2D eigenvalue weighted by molar-refractivity contribution is 5.92. The number of methoxy groups -OCH3 is 1. The number of benzene rings is 3. The minimum atomic E-state index is -0.242. The first-order valence-corrected chi connectivity index (χ1v) is 9.56. The molecule has 1 aromatic heterocycles. The Hall–Kier alpha value is -3.80. The number of carbonyl (C=O) groups is 1. The average molecular weight is 402 g/mol. The Morgan fingerprint density at radius 3 is 2.57 bits per heavy atom. The molecule has 1 amide bonds. The smallest absolute Gasteiger partial charge is 0.262 e. The second-order valence-electron chi connectivity index (χ2n) is 7.09. The van der Waals surface area contributed by atoms with Gasteiger partial charge in [0, 0.05) is 17.3 Å². The summed E-state index contributed by atoms with van der Waals surface area (Å²) in [5, 5.41) is 2.85. The first-order valence-electron chi connectivity index (χ1n) is 9.56. The molecule has 0 saturated carbocycles. The number of carbonyl (C=O) groups excluding carboxylic acids is 1. The van der Waals surface area contributed by atoms with Crippen molar-refractivity contribution in [2.24, 2.45) is 0 Å². The van der Waals surface area contributed by atoms with E-state index in [-0.39, 0.29) is 12.5 Å². The second-order valence-corrected chi connectivity index (χ2v) is 7.09. The first-order chi connectivity index (χ1) is 14.5. The zero-order valence-corrected chi connectivity index (χ0v) is 17.1. The van der Waals surface area contributed by atoms with Crippen molar-refractivity contribution in [3.63, 3.8) is 0 Å². The van der Waals surface area contributed by atoms with Crippen molar-refractivity contribution in [1.29, 1.82) is 0 Å². The van der Waals surface area contributed by atoms with E-state index in [1.807, 2.05) is 68.4 Å². The normalized spacial score (nSPS) is 10.8. The Labute approximate surface area is 174 Å². The number of hydrogen-bond acceptors (Lipinski definition) is 5. The van der Waals surface area contributed by atoms with Gasteiger partial charge in [0.25, 0.3) is 5.91 Å². The van der Waals surface area contributed by atoms with Crippen LogP contribution in [0.4, 0.5) is 5.69 Å². The summed E-state index contributed by atoms with van der Waals surface area (Å²) in [7, 11) is 1.61. The SMILES string of the molecule is COc1ccc2oc(-c3cccc(NC(=O)COc4cc(C)cc(C)c4)c3)nc2c1. The molecule has 0 aliphatic rings. The number of oxazole rings is 1. The first kappa shape index (κ1) is 19.5. The number of nitrogens with one attached hydrogen (secondary N) is 1. The van der Waals surface area contributed by atoms with E-state index in [0.717, 1.165) is 16.7 Å². The molecule has 6 heteroatoms. The molecule has 4 aromatic rings. The molecule has 0 spiro atoms. The number of fused-ring (bicyclic) bond motifs is 1. The number of hydrogen-bond donors (Lipinski definition) is 1. The van der Waals surface area contributed by atoms with Gasteiger partial charge in [0.2, 0.25) is 5.89 Å². The zero-order chi connectivity index (χ0) is 21.1. The predicted octanol–water partition coefficient (Wildman–Crippen LogP) is 5.14. The van der Waals surface area contributed by atoms with Gasteiger partial charge >= 0.3 is 0 Å². The highest BCUT2D eigenvalue weighted by atomic mass is 16.5. The molecule has 0 aliphatic heterocycles. The average Bonchev–Trinajstić information content (AvgIpc) is 3.15. The molecule has 0 bridgehead atoms. The molecule has 4 rings (SSSR count). The molecule has 0 aliphatic carbocycles. The molecule has 0 radical (unpaired) electrons. The van der Waals surface area contributed by atoms with Crippen molar-refractivity contribution >= 4 is 22.7 Å². The topological polar surface area (TPSA) is 73.6 Å². The molecule has 0 saturated heterocycles. The fraction of sp³-hybridized carbons (Fsp3) is 0.167. The summed E-state index contributed by atoms with van der Waals surface area (Å²) in [6.07, 6.45) is 0. The summed E-state index contributed by atoms with van der Waals surface area (Å²) in [6, 6.07) is 18.7. The Balaban J connectivity index is 1.46. The third-order valence-corrected chi connectivity index (χ3v) is 4.55. The van der Waals surface area contributed by atoms with E-state index in [4.69, 9.17) is 13.9 Å². The Bertz CT molecular complexity index is 1190. The van der Waals surface area contributed by atoms with Crippen LogP contribution in [-0.2, 0) is 4.79 Å². The second kappa shape index (κ2) is 8.29. The van der Waals surface area contributed by atoms with Gasteiger partial charge in [0.1, 0.15) is 17.0 Å². The van der Waals surface area contributed by atoms with Gasteiger partial charge in [0.05, 0.1) is 7.11 Å². The molecule has 6 nitrogen and oxygen atoms in total. The number of aromatic nitrogens is 1. The van der Waals surface area contributed by atoms with Gasteiger partial charge in [-0.15, -0.1) is 0 Å². The summed E-state index contributed by atoms with van der Waals surface area (Å²) in [6.45, 7) is 3.91. The van der Waals surface area contributed by atoms with Gasteiger partial charge in [-0.25, -0.2) is 4.98 Å². The van der Waals surface area contributed by atoms with Crippen LogP contribution in [0.15, 0.2) is 65.1 Å². The van der Waals surface area contributed by atoms with Gasteiger partial charge in [-0.05, 0) is 67.4 Å². The van der Waals surface area contributed by atoms with Gasteiger partial charge in [-0.1, -0.05) is 12.1 Å². The number of amides is 1. The van der Waals surface area contributed by atoms with Crippen LogP contribution < -0.4 is 14.8 Å². The van der Waals surface area contributed by atoms with Crippen LogP contribution in [0.3, 0.4) is 0 Å². The lowest BCUT2D eigenvalue weighted by molar-refractivity contribution is -0.118. The number of anilines is 1. The number of rotatable bonds is 6. The zero-order valence-electron chi connectivity index (χ0n) is 17.1. The van der Waals surface area contributed by atoms with E-state index < -0.39 is 0 Å². The fourth-order valence-electron chi connectivity index (χ4n) is 3.25. The Morgan fingerprint density at radius 1 is 1.00 bits per heavy atom. The van der Waals surface area contributed by atoms with Gasteiger partial charge in [-0.3, -0.25) is 4.79 Å².